The molecule has 2 heteroatoms. The standard InChI is InChI=1S/C7H12NO/c1-2-3-4-6-9-7-5-8/h7H,2-4,6H2,1H3. The van der Waals surface area contributed by atoms with E-state index < -0.39 is 0 Å². The van der Waals surface area contributed by atoms with Gasteiger partial charge in [0.05, 0.1) is 6.07 Å². The van der Waals surface area contributed by atoms with Gasteiger partial charge in [-0.05, 0) is 6.42 Å². The molecule has 0 atom stereocenters. The van der Waals surface area contributed by atoms with Crippen molar-refractivity contribution in [3.05, 3.63) is 6.61 Å². The number of nitrogens with zero attached hydrogens (tertiary/aromatic N) is 1. The molecule has 0 aliphatic carbocycles. The molecule has 0 aromatic heterocycles. The van der Waals surface area contributed by atoms with Crippen LogP contribution < -0.4 is 0 Å². The number of rotatable bonds is 5. The van der Waals surface area contributed by atoms with Crippen LogP contribution in [0.25, 0.3) is 0 Å². The number of hydrogen-bond donors (Lipinski definition) is 0. The first kappa shape index (κ1) is 8.45. The molecule has 0 heterocycles. The quantitative estimate of drug-likeness (QED) is 0.527. The van der Waals surface area contributed by atoms with Gasteiger partial charge in [-0.3, -0.25) is 0 Å². The van der Waals surface area contributed by atoms with Gasteiger partial charge >= 0.3 is 0 Å². The minimum Gasteiger partial charge on any atom is -0.359 e. The molecule has 0 aliphatic rings. The first-order chi connectivity index (χ1) is 4.41. The Morgan fingerprint density at radius 2 is 2.33 bits per heavy atom. The molecular weight excluding hydrogens is 114 g/mol. The number of ether oxygens (including phenoxy) is 1. The number of unbranched alkanes of at least 4 members (excludes halogenated alkanes) is 2. The maximum absolute atomic E-state index is 7.99. The van der Waals surface area contributed by atoms with Crippen LogP contribution in [0.1, 0.15) is 26.2 Å². The van der Waals surface area contributed by atoms with Crippen LogP contribution in [0.3, 0.4) is 0 Å². The van der Waals surface area contributed by atoms with Crippen LogP contribution in [-0.4, -0.2) is 6.61 Å². The van der Waals surface area contributed by atoms with Crippen molar-refractivity contribution in [1.29, 1.82) is 5.26 Å². The lowest BCUT2D eigenvalue weighted by Gasteiger charge is -1.95. The molecule has 0 saturated carbocycles. The van der Waals surface area contributed by atoms with Gasteiger partial charge in [-0.25, -0.2) is 0 Å². The Balaban J connectivity index is 2.69. The third kappa shape index (κ3) is 7.45. The molecule has 1 radical (unpaired) electrons. The average molecular weight is 126 g/mol. The highest BCUT2D eigenvalue weighted by Gasteiger charge is 1.85. The normalized spacial score (nSPS) is 8.89. The van der Waals surface area contributed by atoms with Gasteiger partial charge in [0.15, 0.2) is 6.61 Å². The van der Waals surface area contributed by atoms with E-state index in [2.05, 4.69) is 6.92 Å². The molecule has 0 fully saturated rings. The lowest BCUT2D eigenvalue weighted by molar-refractivity contribution is 0.211. The second-order valence-electron chi connectivity index (χ2n) is 1.82. The van der Waals surface area contributed by atoms with Crippen LogP contribution >= 0.6 is 0 Å². The second-order valence-corrected chi connectivity index (χ2v) is 1.82. The Kier molecular flexibility index (Phi) is 6.99. The summed E-state index contributed by atoms with van der Waals surface area (Å²) in [7, 11) is 0. The minimum absolute atomic E-state index is 0.682. The zero-order valence-corrected chi connectivity index (χ0v) is 5.76. The summed E-state index contributed by atoms with van der Waals surface area (Å²) in [4.78, 5) is 0. The van der Waals surface area contributed by atoms with E-state index in [1.54, 1.807) is 6.07 Å². The van der Waals surface area contributed by atoms with Crippen LogP contribution in [0.2, 0.25) is 0 Å². The molecule has 0 aromatic carbocycles. The maximum Gasteiger partial charge on any atom is 0.183 e. The summed E-state index contributed by atoms with van der Waals surface area (Å²) in [5.41, 5.74) is 0. The summed E-state index contributed by atoms with van der Waals surface area (Å²) >= 11 is 0. The van der Waals surface area contributed by atoms with Gasteiger partial charge in [-0.15, -0.1) is 0 Å². The SMILES string of the molecule is CCCCCO[CH]C#N. The Morgan fingerprint density at radius 1 is 1.56 bits per heavy atom. The molecule has 0 rings (SSSR count). The summed E-state index contributed by atoms with van der Waals surface area (Å²) in [6, 6.07) is 1.80. The Labute approximate surface area is 56.4 Å². The third-order valence-corrected chi connectivity index (χ3v) is 1.00. The Morgan fingerprint density at radius 3 is 2.89 bits per heavy atom. The number of nitriles is 1. The summed E-state index contributed by atoms with van der Waals surface area (Å²) < 4.78 is 4.80. The molecule has 0 bridgehead atoms. The fourth-order valence-corrected chi connectivity index (χ4v) is 0.532. The van der Waals surface area contributed by atoms with Crippen molar-refractivity contribution < 1.29 is 4.74 Å². The van der Waals surface area contributed by atoms with E-state index in [9.17, 15) is 0 Å². The van der Waals surface area contributed by atoms with Gasteiger partial charge in [-0.2, -0.15) is 5.26 Å². The van der Waals surface area contributed by atoms with Crippen molar-refractivity contribution in [2.75, 3.05) is 6.61 Å². The molecule has 0 N–H and O–H groups in total. The van der Waals surface area contributed by atoms with Gasteiger partial charge in [0.2, 0.25) is 0 Å². The lowest BCUT2D eigenvalue weighted by Crippen LogP contribution is -1.88. The van der Waals surface area contributed by atoms with Crippen molar-refractivity contribution in [3.63, 3.8) is 0 Å². The molecule has 0 amide bonds. The summed E-state index contributed by atoms with van der Waals surface area (Å²) in [5.74, 6) is 0. The molecule has 2 nitrogen and oxygen atoms in total. The summed E-state index contributed by atoms with van der Waals surface area (Å²) in [5, 5.41) is 7.99. The van der Waals surface area contributed by atoms with Gasteiger partial charge in [-0.1, -0.05) is 19.8 Å². The predicted octanol–water partition coefficient (Wildman–Crippen LogP) is 1.88. The molecule has 0 spiro atoms. The van der Waals surface area contributed by atoms with E-state index in [0.29, 0.717) is 6.61 Å². The highest BCUT2D eigenvalue weighted by Crippen LogP contribution is 1.94. The molecule has 9 heavy (non-hydrogen) atoms. The van der Waals surface area contributed by atoms with Crippen molar-refractivity contribution in [2.24, 2.45) is 0 Å². The summed E-state index contributed by atoms with van der Waals surface area (Å²) in [6.07, 6.45) is 3.42. The molecular formula is C7H12NO. The van der Waals surface area contributed by atoms with Crippen LogP contribution in [-0.2, 0) is 4.74 Å². The van der Waals surface area contributed by atoms with Crippen molar-refractivity contribution in [2.45, 2.75) is 26.2 Å². The molecule has 0 aliphatic heterocycles. The van der Waals surface area contributed by atoms with Gasteiger partial charge < -0.3 is 4.74 Å². The van der Waals surface area contributed by atoms with E-state index in [1.807, 2.05) is 0 Å². The Bertz CT molecular complexity index is 85.4. The van der Waals surface area contributed by atoms with Crippen molar-refractivity contribution in [3.8, 4) is 6.07 Å². The van der Waals surface area contributed by atoms with E-state index >= 15 is 0 Å². The van der Waals surface area contributed by atoms with E-state index in [1.165, 1.54) is 19.4 Å². The zero-order chi connectivity index (χ0) is 6.95. The first-order valence-electron chi connectivity index (χ1n) is 3.24. The fourth-order valence-electron chi connectivity index (χ4n) is 0.532. The smallest absolute Gasteiger partial charge is 0.183 e. The van der Waals surface area contributed by atoms with Gasteiger partial charge in [0.25, 0.3) is 0 Å². The molecule has 0 saturated heterocycles. The summed E-state index contributed by atoms with van der Waals surface area (Å²) in [6.45, 7) is 3.99. The highest BCUT2D eigenvalue weighted by atomic mass is 16.5. The average Bonchev–Trinajstić information content (AvgIpc) is 1.89. The maximum atomic E-state index is 7.99. The van der Waals surface area contributed by atoms with Crippen LogP contribution in [0.5, 0.6) is 0 Å². The van der Waals surface area contributed by atoms with E-state index in [-0.39, 0.29) is 0 Å². The number of hydrogen-bond acceptors (Lipinski definition) is 2. The lowest BCUT2D eigenvalue weighted by atomic mass is 10.3. The van der Waals surface area contributed by atoms with Crippen molar-refractivity contribution in [1.82, 2.24) is 0 Å². The monoisotopic (exact) mass is 126 g/mol. The largest absolute Gasteiger partial charge is 0.359 e. The van der Waals surface area contributed by atoms with Gasteiger partial charge in [0.1, 0.15) is 0 Å². The molecule has 51 valence electrons. The molecule has 0 aromatic rings. The second kappa shape index (κ2) is 7.45. The third-order valence-electron chi connectivity index (χ3n) is 1.00. The van der Waals surface area contributed by atoms with Crippen LogP contribution in [0.15, 0.2) is 0 Å². The van der Waals surface area contributed by atoms with E-state index in [0.717, 1.165) is 6.42 Å². The van der Waals surface area contributed by atoms with E-state index in [4.69, 9.17) is 10.00 Å². The Hall–Kier alpha value is -0.550. The predicted molar refractivity (Wildman–Crippen MR) is 35.4 cm³/mol. The molecule has 0 unspecified atom stereocenters. The van der Waals surface area contributed by atoms with Crippen LogP contribution in [0, 0.1) is 17.9 Å². The first-order valence-corrected chi connectivity index (χ1v) is 3.24. The highest BCUT2D eigenvalue weighted by molar-refractivity contribution is 4.81. The fraction of sp³-hybridized carbons (Fsp3) is 0.714. The van der Waals surface area contributed by atoms with Crippen molar-refractivity contribution >= 4 is 0 Å². The zero-order valence-electron chi connectivity index (χ0n) is 5.76. The minimum atomic E-state index is 0.682. The topological polar surface area (TPSA) is 33.0 Å². The van der Waals surface area contributed by atoms with Crippen LogP contribution in [0.4, 0.5) is 0 Å². The van der Waals surface area contributed by atoms with Gasteiger partial charge in [0, 0.05) is 6.61 Å².